The van der Waals surface area contributed by atoms with Crippen molar-refractivity contribution in [1.29, 1.82) is 0 Å². The van der Waals surface area contributed by atoms with Crippen molar-refractivity contribution in [2.24, 2.45) is 0 Å². The van der Waals surface area contributed by atoms with Gasteiger partial charge in [-0.1, -0.05) is 0 Å². The van der Waals surface area contributed by atoms with E-state index >= 15 is 0 Å². The maximum absolute atomic E-state index is 11.7. The minimum atomic E-state index is -1.44. The number of rotatable bonds is 4. The number of carbonyl (C=O) groups excluding carboxylic acids is 1. The molecule has 9 heteroatoms. The zero-order chi connectivity index (χ0) is 13.9. The van der Waals surface area contributed by atoms with Gasteiger partial charge in [0.1, 0.15) is 5.82 Å². The van der Waals surface area contributed by atoms with E-state index in [2.05, 4.69) is 9.97 Å². The summed E-state index contributed by atoms with van der Waals surface area (Å²) in [6.07, 6.45) is 0. The summed E-state index contributed by atoms with van der Waals surface area (Å²) in [6.45, 7) is 0.809. The van der Waals surface area contributed by atoms with Crippen LogP contribution in [-0.2, 0) is 4.79 Å². The van der Waals surface area contributed by atoms with Gasteiger partial charge in [-0.2, -0.15) is 0 Å². The Bertz CT molecular complexity index is 490. The summed E-state index contributed by atoms with van der Waals surface area (Å²) in [5, 5.41) is 19.5. The lowest BCUT2D eigenvalue weighted by Gasteiger charge is -2.12. The molecule has 1 heterocycles. The fourth-order valence-electron chi connectivity index (χ4n) is 1.13. The molecular weight excluding hydrogens is 242 g/mol. The van der Waals surface area contributed by atoms with Gasteiger partial charge in [0.25, 0.3) is 5.91 Å². The summed E-state index contributed by atoms with van der Waals surface area (Å²) in [4.78, 5) is 29.8. The van der Waals surface area contributed by atoms with Crippen molar-refractivity contribution >= 4 is 23.5 Å². The Hall–Kier alpha value is -2.42. The molecule has 1 atom stereocenters. The Balaban J connectivity index is 2.97. The van der Waals surface area contributed by atoms with Crippen molar-refractivity contribution in [2.45, 2.75) is 13.0 Å². The second-order valence-corrected chi connectivity index (χ2v) is 3.47. The van der Waals surface area contributed by atoms with E-state index in [0.717, 1.165) is 0 Å². The van der Waals surface area contributed by atoms with Gasteiger partial charge in [0.2, 0.25) is 0 Å². The molecule has 1 amide bonds. The van der Waals surface area contributed by atoms with Crippen LogP contribution >= 0.6 is 0 Å². The molecule has 0 aliphatic carbocycles. The summed E-state index contributed by atoms with van der Waals surface area (Å²) in [7, 11) is 0. The van der Waals surface area contributed by atoms with E-state index in [-0.39, 0.29) is 17.3 Å². The standard InChI is InChI=1S/C9H13N5O4/c1-3-6(10)14-5(7(11)12-3)8(16)13-4(2-15)9(17)18/h4,15H,2H2,1H3,(H2,10,14)(H2,11,12)(H,13,16)(H,17,18). The quantitative estimate of drug-likeness (QED) is 0.417. The lowest BCUT2D eigenvalue weighted by molar-refractivity contribution is -0.140. The topological polar surface area (TPSA) is 164 Å². The second-order valence-electron chi connectivity index (χ2n) is 3.47. The third kappa shape index (κ3) is 2.83. The molecule has 0 fully saturated rings. The molecule has 0 aliphatic heterocycles. The van der Waals surface area contributed by atoms with Gasteiger partial charge >= 0.3 is 5.97 Å². The number of hydrogen-bond acceptors (Lipinski definition) is 7. The fourth-order valence-corrected chi connectivity index (χ4v) is 1.13. The van der Waals surface area contributed by atoms with Crippen LogP contribution in [0.5, 0.6) is 0 Å². The van der Waals surface area contributed by atoms with E-state index in [1.165, 1.54) is 0 Å². The van der Waals surface area contributed by atoms with Crippen LogP contribution in [0.15, 0.2) is 0 Å². The number of hydrogen-bond donors (Lipinski definition) is 5. The number of carboxylic acid groups (broad SMARTS) is 1. The highest BCUT2D eigenvalue weighted by Crippen LogP contribution is 2.11. The molecule has 0 bridgehead atoms. The van der Waals surface area contributed by atoms with Crippen molar-refractivity contribution in [3.05, 3.63) is 11.4 Å². The van der Waals surface area contributed by atoms with Crippen LogP contribution in [-0.4, -0.2) is 44.7 Å². The highest BCUT2D eigenvalue weighted by molar-refractivity contribution is 5.98. The summed E-state index contributed by atoms with van der Waals surface area (Å²) < 4.78 is 0. The van der Waals surface area contributed by atoms with Crippen molar-refractivity contribution in [1.82, 2.24) is 15.3 Å². The number of aromatic nitrogens is 2. The van der Waals surface area contributed by atoms with Gasteiger partial charge in [-0.05, 0) is 6.92 Å². The van der Waals surface area contributed by atoms with E-state index < -0.39 is 24.5 Å². The molecule has 0 aromatic carbocycles. The number of nitrogen functional groups attached to an aromatic ring is 2. The SMILES string of the molecule is Cc1nc(N)c(C(=O)NC(CO)C(=O)O)nc1N. The average Bonchev–Trinajstić information content (AvgIpc) is 2.29. The Kier molecular flexibility index (Phi) is 4.00. The first-order chi connectivity index (χ1) is 8.36. The molecule has 1 rings (SSSR count). The molecule has 1 aromatic rings. The van der Waals surface area contributed by atoms with Gasteiger partial charge in [-0.3, -0.25) is 4.79 Å². The van der Waals surface area contributed by atoms with Crippen molar-refractivity contribution < 1.29 is 19.8 Å². The first-order valence-corrected chi connectivity index (χ1v) is 4.91. The number of anilines is 2. The first kappa shape index (κ1) is 13.6. The van der Waals surface area contributed by atoms with Crippen LogP contribution in [0.4, 0.5) is 11.6 Å². The number of aliphatic carboxylic acids is 1. The first-order valence-electron chi connectivity index (χ1n) is 4.91. The number of carboxylic acids is 1. The van der Waals surface area contributed by atoms with Crippen LogP contribution in [0.2, 0.25) is 0 Å². The summed E-state index contributed by atoms with van der Waals surface area (Å²) >= 11 is 0. The number of nitrogens with two attached hydrogens (primary N) is 2. The summed E-state index contributed by atoms with van der Waals surface area (Å²) in [5.74, 6) is -2.39. The summed E-state index contributed by atoms with van der Waals surface area (Å²) in [5.41, 5.74) is 11.0. The fraction of sp³-hybridized carbons (Fsp3) is 0.333. The van der Waals surface area contributed by atoms with Crippen molar-refractivity contribution in [2.75, 3.05) is 18.1 Å². The number of aliphatic hydroxyl groups excluding tert-OH is 1. The largest absolute Gasteiger partial charge is 0.480 e. The number of nitrogens with zero attached hydrogens (tertiary/aromatic N) is 2. The molecule has 0 saturated carbocycles. The van der Waals surface area contributed by atoms with Gasteiger partial charge in [-0.25, -0.2) is 14.8 Å². The molecule has 0 spiro atoms. The molecule has 0 radical (unpaired) electrons. The van der Waals surface area contributed by atoms with E-state index in [1.807, 2.05) is 5.32 Å². The third-order valence-corrected chi connectivity index (χ3v) is 2.13. The minimum absolute atomic E-state index is 0.0187. The molecule has 1 unspecified atom stereocenters. The Morgan fingerprint density at radius 1 is 1.33 bits per heavy atom. The van der Waals surface area contributed by atoms with E-state index in [0.29, 0.717) is 5.69 Å². The Labute approximate surface area is 102 Å². The monoisotopic (exact) mass is 255 g/mol. The molecular formula is C9H13N5O4. The van der Waals surface area contributed by atoms with Gasteiger partial charge in [-0.15, -0.1) is 0 Å². The van der Waals surface area contributed by atoms with Gasteiger partial charge < -0.3 is 27.0 Å². The number of aryl methyl sites for hydroxylation is 1. The molecule has 9 nitrogen and oxygen atoms in total. The maximum atomic E-state index is 11.7. The number of aliphatic hydroxyl groups is 1. The van der Waals surface area contributed by atoms with Crippen molar-refractivity contribution in [3.63, 3.8) is 0 Å². The number of carbonyl (C=O) groups is 2. The van der Waals surface area contributed by atoms with Crippen LogP contribution in [0, 0.1) is 6.92 Å². The highest BCUT2D eigenvalue weighted by atomic mass is 16.4. The Morgan fingerprint density at radius 3 is 2.44 bits per heavy atom. The van der Waals surface area contributed by atoms with Crippen LogP contribution in [0.3, 0.4) is 0 Å². The zero-order valence-corrected chi connectivity index (χ0v) is 9.54. The van der Waals surface area contributed by atoms with Gasteiger partial charge in [0, 0.05) is 0 Å². The van der Waals surface area contributed by atoms with Crippen LogP contribution in [0.1, 0.15) is 16.2 Å². The average molecular weight is 255 g/mol. The molecule has 0 saturated heterocycles. The maximum Gasteiger partial charge on any atom is 0.328 e. The predicted molar refractivity (Wildman–Crippen MR) is 61.6 cm³/mol. The summed E-state index contributed by atoms with van der Waals surface area (Å²) in [6, 6.07) is -1.44. The molecule has 7 N–H and O–H groups in total. The molecule has 1 aromatic heterocycles. The third-order valence-electron chi connectivity index (χ3n) is 2.13. The van der Waals surface area contributed by atoms with E-state index in [4.69, 9.17) is 21.7 Å². The van der Waals surface area contributed by atoms with Gasteiger partial charge in [0.15, 0.2) is 17.6 Å². The highest BCUT2D eigenvalue weighted by Gasteiger charge is 2.22. The van der Waals surface area contributed by atoms with Crippen LogP contribution in [0.25, 0.3) is 0 Å². The lowest BCUT2D eigenvalue weighted by Crippen LogP contribution is -2.43. The lowest BCUT2D eigenvalue weighted by atomic mass is 10.3. The number of nitrogens with one attached hydrogen (secondary N) is 1. The van der Waals surface area contributed by atoms with E-state index in [1.54, 1.807) is 6.92 Å². The predicted octanol–water partition coefficient (Wildman–Crippen LogP) is -1.88. The normalized spacial score (nSPS) is 11.9. The minimum Gasteiger partial charge on any atom is -0.480 e. The number of amides is 1. The van der Waals surface area contributed by atoms with Crippen LogP contribution < -0.4 is 16.8 Å². The molecule has 18 heavy (non-hydrogen) atoms. The smallest absolute Gasteiger partial charge is 0.328 e. The van der Waals surface area contributed by atoms with Gasteiger partial charge in [0.05, 0.1) is 12.3 Å². The molecule has 0 aliphatic rings. The molecule has 98 valence electrons. The Morgan fingerprint density at radius 2 is 1.94 bits per heavy atom. The second kappa shape index (κ2) is 5.27. The van der Waals surface area contributed by atoms with E-state index in [9.17, 15) is 9.59 Å². The zero-order valence-electron chi connectivity index (χ0n) is 9.54. The van der Waals surface area contributed by atoms with Crippen molar-refractivity contribution in [3.8, 4) is 0 Å².